The molecule has 0 spiro atoms. The third kappa shape index (κ3) is 2.90. The van der Waals surface area contributed by atoms with E-state index in [1.165, 1.54) is 6.26 Å². The molecule has 1 fully saturated rings. The van der Waals surface area contributed by atoms with Gasteiger partial charge < -0.3 is 4.90 Å². The number of carbonyl (C=O) groups excluding carboxylic acids is 1. The number of piperidine rings is 1. The molecule has 1 aromatic rings. The van der Waals surface area contributed by atoms with E-state index in [2.05, 4.69) is 0 Å². The predicted molar refractivity (Wildman–Crippen MR) is 70.2 cm³/mol. The van der Waals surface area contributed by atoms with Crippen LogP contribution in [-0.4, -0.2) is 43.8 Å². The lowest BCUT2D eigenvalue weighted by Gasteiger charge is -2.31. The number of amides is 1. The van der Waals surface area contributed by atoms with Gasteiger partial charge in [0.25, 0.3) is 5.91 Å². The van der Waals surface area contributed by atoms with Crippen LogP contribution in [0.4, 0.5) is 0 Å². The molecular formula is C13H17NO3S. The number of carbonyl (C=O) groups is 1. The Hall–Kier alpha value is -1.36. The lowest BCUT2D eigenvalue weighted by Crippen LogP contribution is -2.42. The van der Waals surface area contributed by atoms with Gasteiger partial charge in [-0.25, -0.2) is 8.42 Å². The molecule has 1 saturated heterocycles. The van der Waals surface area contributed by atoms with Crippen LogP contribution in [0.2, 0.25) is 0 Å². The molecule has 1 amide bonds. The fraction of sp³-hybridized carbons (Fsp3) is 0.462. The standard InChI is InChI=1S/C13H17NO3S/c1-18(16,17)12-7-9-14(10-8-12)13(15)11-5-3-2-4-6-11/h2-6,12H,7-10H2,1H3. The van der Waals surface area contributed by atoms with E-state index in [-0.39, 0.29) is 11.2 Å². The van der Waals surface area contributed by atoms with Crippen LogP contribution in [0.25, 0.3) is 0 Å². The monoisotopic (exact) mass is 267 g/mol. The first kappa shape index (κ1) is 13.1. The molecule has 0 unspecified atom stereocenters. The van der Waals surface area contributed by atoms with Crippen molar-refractivity contribution in [1.82, 2.24) is 4.90 Å². The zero-order valence-corrected chi connectivity index (χ0v) is 11.2. The molecule has 0 radical (unpaired) electrons. The number of likely N-dealkylation sites (tertiary alicyclic amines) is 1. The minimum Gasteiger partial charge on any atom is -0.339 e. The minimum absolute atomic E-state index is 0.0115. The molecule has 1 heterocycles. The molecule has 0 aliphatic carbocycles. The van der Waals surface area contributed by atoms with Crippen LogP contribution < -0.4 is 0 Å². The smallest absolute Gasteiger partial charge is 0.253 e. The van der Waals surface area contributed by atoms with Crippen molar-refractivity contribution in [2.24, 2.45) is 0 Å². The molecule has 1 aliphatic heterocycles. The summed E-state index contributed by atoms with van der Waals surface area (Å²) >= 11 is 0. The molecule has 98 valence electrons. The summed E-state index contributed by atoms with van der Waals surface area (Å²) in [6.07, 6.45) is 2.35. The SMILES string of the molecule is CS(=O)(=O)C1CCN(C(=O)c2ccccc2)CC1. The maximum absolute atomic E-state index is 12.1. The van der Waals surface area contributed by atoms with E-state index in [0.717, 1.165) is 0 Å². The van der Waals surface area contributed by atoms with E-state index in [1.54, 1.807) is 17.0 Å². The molecule has 0 atom stereocenters. The van der Waals surface area contributed by atoms with E-state index >= 15 is 0 Å². The third-order valence-corrected chi connectivity index (χ3v) is 5.04. The van der Waals surface area contributed by atoms with Crippen LogP contribution in [-0.2, 0) is 9.84 Å². The number of benzene rings is 1. The van der Waals surface area contributed by atoms with Gasteiger partial charge in [-0.2, -0.15) is 0 Å². The average Bonchev–Trinajstić information content (AvgIpc) is 2.38. The van der Waals surface area contributed by atoms with Gasteiger partial charge in [-0.3, -0.25) is 4.79 Å². The van der Waals surface area contributed by atoms with E-state index in [1.807, 2.05) is 18.2 Å². The Morgan fingerprint density at radius 2 is 1.72 bits per heavy atom. The Bertz CT molecular complexity index is 516. The quantitative estimate of drug-likeness (QED) is 0.812. The Morgan fingerprint density at radius 1 is 1.17 bits per heavy atom. The summed E-state index contributed by atoms with van der Waals surface area (Å²) in [6, 6.07) is 9.09. The van der Waals surface area contributed by atoms with Crippen molar-refractivity contribution in [3.05, 3.63) is 35.9 Å². The Balaban J connectivity index is 2.01. The van der Waals surface area contributed by atoms with Crippen molar-refractivity contribution in [2.75, 3.05) is 19.3 Å². The summed E-state index contributed by atoms with van der Waals surface area (Å²) in [4.78, 5) is 13.9. The minimum atomic E-state index is -2.98. The van der Waals surface area contributed by atoms with Gasteiger partial charge in [0.1, 0.15) is 9.84 Å². The van der Waals surface area contributed by atoms with E-state index in [0.29, 0.717) is 31.5 Å². The fourth-order valence-electron chi connectivity index (χ4n) is 2.25. The second kappa shape index (κ2) is 5.10. The van der Waals surface area contributed by atoms with Gasteiger partial charge in [-0.15, -0.1) is 0 Å². The van der Waals surface area contributed by atoms with Crippen molar-refractivity contribution >= 4 is 15.7 Å². The van der Waals surface area contributed by atoms with Gasteiger partial charge in [-0.1, -0.05) is 18.2 Å². The summed E-state index contributed by atoms with van der Waals surface area (Å²) in [6.45, 7) is 1.04. The summed E-state index contributed by atoms with van der Waals surface area (Å²) in [5.41, 5.74) is 0.662. The maximum atomic E-state index is 12.1. The summed E-state index contributed by atoms with van der Waals surface area (Å²) < 4.78 is 22.9. The molecular weight excluding hydrogens is 250 g/mol. The number of hydrogen-bond acceptors (Lipinski definition) is 3. The summed E-state index contributed by atoms with van der Waals surface area (Å²) in [7, 11) is -2.98. The molecule has 0 aromatic heterocycles. The van der Waals surface area contributed by atoms with E-state index in [4.69, 9.17) is 0 Å². The van der Waals surface area contributed by atoms with Crippen molar-refractivity contribution in [3.63, 3.8) is 0 Å². The number of rotatable bonds is 2. The first-order chi connectivity index (χ1) is 8.48. The Morgan fingerprint density at radius 3 is 2.22 bits per heavy atom. The molecule has 2 rings (SSSR count). The van der Waals surface area contributed by atoms with Crippen LogP contribution >= 0.6 is 0 Å². The second-order valence-electron chi connectivity index (χ2n) is 4.69. The van der Waals surface area contributed by atoms with Gasteiger partial charge in [0, 0.05) is 24.9 Å². The second-order valence-corrected chi connectivity index (χ2v) is 7.01. The molecule has 18 heavy (non-hydrogen) atoms. The average molecular weight is 267 g/mol. The number of sulfone groups is 1. The normalized spacial score (nSPS) is 17.7. The largest absolute Gasteiger partial charge is 0.339 e. The first-order valence-electron chi connectivity index (χ1n) is 6.01. The molecule has 1 aromatic carbocycles. The zero-order valence-electron chi connectivity index (χ0n) is 10.4. The van der Waals surface area contributed by atoms with Crippen molar-refractivity contribution in [2.45, 2.75) is 18.1 Å². The summed E-state index contributed by atoms with van der Waals surface area (Å²) in [5, 5.41) is -0.294. The van der Waals surface area contributed by atoms with Gasteiger partial charge in [0.15, 0.2) is 0 Å². The lowest BCUT2D eigenvalue weighted by atomic mass is 10.1. The van der Waals surface area contributed by atoms with Gasteiger partial charge in [0.05, 0.1) is 5.25 Å². The molecule has 5 heteroatoms. The molecule has 0 saturated carbocycles. The maximum Gasteiger partial charge on any atom is 0.253 e. The highest BCUT2D eigenvalue weighted by molar-refractivity contribution is 7.91. The van der Waals surface area contributed by atoms with Crippen molar-refractivity contribution in [3.8, 4) is 0 Å². The highest BCUT2D eigenvalue weighted by Gasteiger charge is 2.28. The Labute approximate surface area is 108 Å². The van der Waals surface area contributed by atoms with Crippen LogP contribution in [0.3, 0.4) is 0 Å². The Kier molecular flexibility index (Phi) is 3.71. The topological polar surface area (TPSA) is 54.5 Å². The van der Waals surface area contributed by atoms with Gasteiger partial charge in [-0.05, 0) is 25.0 Å². The summed E-state index contributed by atoms with van der Waals surface area (Å²) in [5.74, 6) is -0.0115. The molecule has 1 aliphatic rings. The molecule has 0 bridgehead atoms. The molecule has 4 nitrogen and oxygen atoms in total. The van der Waals surface area contributed by atoms with Crippen LogP contribution in [0.5, 0.6) is 0 Å². The van der Waals surface area contributed by atoms with Gasteiger partial charge in [0.2, 0.25) is 0 Å². The fourth-order valence-corrected chi connectivity index (χ4v) is 3.32. The first-order valence-corrected chi connectivity index (χ1v) is 7.97. The number of hydrogen-bond donors (Lipinski definition) is 0. The predicted octanol–water partition coefficient (Wildman–Crippen LogP) is 1.34. The van der Waals surface area contributed by atoms with Gasteiger partial charge >= 0.3 is 0 Å². The lowest BCUT2D eigenvalue weighted by molar-refractivity contribution is 0.0726. The third-order valence-electron chi connectivity index (χ3n) is 3.36. The highest BCUT2D eigenvalue weighted by Crippen LogP contribution is 2.18. The molecule has 0 N–H and O–H groups in total. The van der Waals surface area contributed by atoms with Crippen LogP contribution in [0.1, 0.15) is 23.2 Å². The number of nitrogens with zero attached hydrogens (tertiary/aromatic N) is 1. The van der Waals surface area contributed by atoms with Crippen molar-refractivity contribution in [1.29, 1.82) is 0 Å². The zero-order chi connectivity index (χ0) is 13.2. The highest BCUT2D eigenvalue weighted by atomic mass is 32.2. The van der Waals surface area contributed by atoms with Crippen LogP contribution in [0.15, 0.2) is 30.3 Å². The van der Waals surface area contributed by atoms with E-state index in [9.17, 15) is 13.2 Å². The van der Waals surface area contributed by atoms with Crippen molar-refractivity contribution < 1.29 is 13.2 Å². The van der Waals surface area contributed by atoms with Crippen LogP contribution in [0, 0.1) is 0 Å². The van der Waals surface area contributed by atoms with E-state index < -0.39 is 9.84 Å².